The smallest absolute Gasteiger partial charge is 0.290 e. The van der Waals surface area contributed by atoms with Crippen molar-refractivity contribution >= 4 is 0 Å². The first-order valence-corrected chi connectivity index (χ1v) is 7.48. The van der Waals surface area contributed by atoms with Gasteiger partial charge in [-0.3, -0.25) is 4.98 Å². The number of hydrogen-bond donors (Lipinski definition) is 1. The molecule has 3 rings (SSSR count). The second kappa shape index (κ2) is 6.16. The van der Waals surface area contributed by atoms with Crippen molar-refractivity contribution in [2.24, 2.45) is 0 Å². The number of halogens is 3. The molecule has 1 heterocycles. The summed E-state index contributed by atoms with van der Waals surface area (Å²) in [6.07, 6.45) is -4.42. The fraction of sp³-hybridized carbons (Fsp3) is 0.167. The first-order valence-electron chi connectivity index (χ1n) is 7.48. The van der Waals surface area contributed by atoms with Crippen LogP contribution in [-0.4, -0.2) is 15.0 Å². The third-order valence-corrected chi connectivity index (χ3v) is 3.84. The molecule has 1 aromatic heterocycles. The van der Waals surface area contributed by atoms with Gasteiger partial charge in [-0.05, 0) is 37.1 Å². The number of rotatable bonds is 2. The molecule has 0 aliphatic rings. The molecule has 1 N–H and O–H groups in total. The summed E-state index contributed by atoms with van der Waals surface area (Å²) in [6, 6.07) is 10.1. The van der Waals surface area contributed by atoms with E-state index in [4.69, 9.17) is 0 Å². The molecule has 2 aromatic carbocycles. The fourth-order valence-corrected chi connectivity index (χ4v) is 2.63. The van der Waals surface area contributed by atoms with E-state index in [1.807, 2.05) is 32.0 Å². The number of aromatic nitrogens is 3. The van der Waals surface area contributed by atoms with E-state index in [0.717, 1.165) is 28.8 Å². The first kappa shape index (κ1) is 16.9. The Morgan fingerprint density at radius 3 is 2.08 bits per heavy atom. The van der Waals surface area contributed by atoms with Crippen molar-refractivity contribution in [2.75, 3.05) is 0 Å². The van der Waals surface area contributed by atoms with Crippen LogP contribution in [0.1, 0.15) is 16.7 Å². The topological polar surface area (TPSA) is 58.6 Å². The van der Waals surface area contributed by atoms with Crippen LogP contribution in [0.15, 0.2) is 47.3 Å². The molecule has 128 valence electrons. The largest absolute Gasteiger partial charge is 0.416 e. The lowest BCUT2D eigenvalue weighted by molar-refractivity contribution is -0.137. The quantitative estimate of drug-likeness (QED) is 0.760. The maximum atomic E-state index is 12.7. The van der Waals surface area contributed by atoms with Gasteiger partial charge in [0, 0.05) is 11.1 Å². The Balaban J connectivity index is 2.10. The normalized spacial score (nSPS) is 11.6. The van der Waals surface area contributed by atoms with E-state index >= 15 is 0 Å². The second-order valence-corrected chi connectivity index (χ2v) is 5.67. The minimum atomic E-state index is -4.42. The fourth-order valence-electron chi connectivity index (χ4n) is 2.63. The molecule has 0 saturated carbocycles. The number of hydrogen-bond acceptors (Lipinski definition) is 3. The van der Waals surface area contributed by atoms with Crippen LogP contribution >= 0.6 is 0 Å². The lowest BCUT2D eigenvalue weighted by atomic mass is 10.0. The van der Waals surface area contributed by atoms with E-state index in [-0.39, 0.29) is 5.82 Å². The minimum absolute atomic E-state index is 0.0788. The predicted octanol–water partition coefficient (Wildman–Crippen LogP) is 4.13. The van der Waals surface area contributed by atoms with Gasteiger partial charge in [0.25, 0.3) is 0 Å². The molecule has 0 aliphatic carbocycles. The minimum Gasteiger partial charge on any atom is -0.290 e. The first-order chi connectivity index (χ1) is 11.8. The summed E-state index contributed by atoms with van der Waals surface area (Å²) < 4.78 is 38.0. The zero-order valence-corrected chi connectivity index (χ0v) is 13.5. The molecule has 3 aromatic rings. The molecule has 0 fully saturated rings. The van der Waals surface area contributed by atoms with Crippen LogP contribution in [0.25, 0.3) is 22.8 Å². The molecule has 0 amide bonds. The Hall–Kier alpha value is -2.96. The zero-order valence-electron chi connectivity index (χ0n) is 13.5. The van der Waals surface area contributed by atoms with Crippen molar-refractivity contribution in [1.29, 1.82) is 0 Å². The van der Waals surface area contributed by atoms with Crippen molar-refractivity contribution in [3.05, 3.63) is 69.6 Å². The molecule has 4 nitrogen and oxygen atoms in total. The van der Waals surface area contributed by atoms with Gasteiger partial charge in [-0.1, -0.05) is 30.3 Å². The molecule has 0 saturated heterocycles. The highest BCUT2D eigenvalue weighted by Crippen LogP contribution is 2.30. The highest BCUT2D eigenvalue weighted by Gasteiger charge is 2.30. The molecular formula is C18H14F3N3O. The van der Waals surface area contributed by atoms with Crippen LogP contribution in [0.5, 0.6) is 0 Å². The summed E-state index contributed by atoms with van der Waals surface area (Å²) >= 11 is 0. The van der Waals surface area contributed by atoms with E-state index < -0.39 is 17.4 Å². The molecule has 0 spiro atoms. The Kier molecular flexibility index (Phi) is 4.16. The summed E-state index contributed by atoms with van der Waals surface area (Å²) in [5.41, 5.74) is 1.58. The SMILES string of the molecule is Cc1cccc(C)c1-c1nc(-c2ccc(C(F)(F)F)cc2)nc(=O)[nH]1. The van der Waals surface area contributed by atoms with E-state index in [0.29, 0.717) is 11.4 Å². The molecular weight excluding hydrogens is 331 g/mol. The summed E-state index contributed by atoms with van der Waals surface area (Å²) in [5, 5.41) is 0. The van der Waals surface area contributed by atoms with Gasteiger partial charge in [0.05, 0.1) is 5.56 Å². The number of benzene rings is 2. The van der Waals surface area contributed by atoms with Crippen molar-refractivity contribution < 1.29 is 13.2 Å². The summed E-state index contributed by atoms with van der Waals surface area (Å²) in [5.74, 6) is 0.417. The van der Waals surface area contributed by atoms with Gasteiger partial charge in [0.2, 0.25) is 0 Å². The van der Waals surface area contributed by atoms with E-state index in [9.17, 15) is 18.0 Å². The molecule has 25 heavy (non-hydrogen) atoms. The van der Waals surface area contributed by atoms with E-state index in [1.54, 1.807) is 0 Å². The average Bonchev–Trinajstić information content (AvgIpc) is 2.53. The van der Waals surface area contributed by atoms with Gasteiger partial charge in [0.15, 0.2) is 5.82 Å². The number of aromatic amines is 1. The van der Waals surface area contributed by atoms with E-state index in [2.05, 4.69) is 15.0 Å². The van der Waals surface area contributed by atoms with Crippen LogP contribution in [0.2, 0.25) is 0 Å². The molecule has 0 atom stereocenters. The van der Waals surface area contributed by atoms with Gasteiger partial charge in [-0.2, -0.15) is 18.2 Å². The third kappa shape index (κ3) is 3.45. The molecule has 0 bridgehead atoms. The van der Waals surface area contributed by atoms with Crippen LogP contribution in [0.3, 0.4) is 0 Å². The maximum absolute atomic E-state index is 12.7. The number of aryl methyl sites for hydroxylation is 2. The van der Waals surface area contributed by atoms with Crippen LogP contribution in [-0.2, 0) is 6.18 Å². The standard InChI is InChI=1S/C18H14F3N3O/c1-10-4-3-5-11(2)14(10)16-22-15(23-17(25)24-16)12-6-8-13(9-7-12)18(19,20)21/h3-9H,1-2H3,(H,22,23,24,25). The van der Waals surface area contributed by atoms with Gasteiger partial charge in [0.1, 0.15) is 5.82 Å². The van der Waals surface area contributed by atoms with Gasteiger partial charge in [-0.15, -0.1) is 0 Å². The average molecular weight is 345 g/mol. The third-order valence-electron chi connectivity index (χ3n) is 3.84. The summed E-state index contributed by atoms with van der Waals surface area (Å²) in [6.45, 7) is 3.78. The van der Waals surface area contributed by atoms with E-state index in [1.165, 1.54) is 12.1 Å². The Morgan fingerprint density at radius 2 is 1.52 bits per heavy atom. The van der Waals surface area contributed by atoms with Crippen molar-refractivity contribution in [2.45, 2.75) is 20.0 Å². The van der Waals surface area contributed by atoms with Crippen LogP contribution in [0.4, 0.5) is 13.2 Å². The maximum Gasteiger partial charge on any atom is 0.416 e. The summed E-state index contributed by atoms with van der Waals surface area (Å²) in [4.78, 5) is 22.6. The number of alkyl halides is 3. The number of H-pyrrole nitrogens is 1. The molecule has 0 aliphatic heterocycles. The van der Waals surface area contributed by atoms with Gasteiger partial charge in [-0.25, -0.2) is 9.78 Å². The van der Waals surface area contributed by atoms with Gasteiger partial charge < -0.3 is 0 Å². The monoisotopic (exact) mass is 345 g/mol. The van der Waals surface area contributed by atoms with Crippen molar-refractivity contribution in [3.63, 3.8) is 0 Å². The Morgan fingerprint density at radius 1 is 0.920 bits per heavy atom. The van der Waals surface area contributed by atoms with Crippen molar-refractivity contribution in [3.8, 4) is 22.8 Å². The Bertz CT molecular complexity index is 956. The highest BCUT2D eigenvalue weighted by molar-refractivity contribution is 5.66. The molecule has 0 radical (unpaired) electrons. The second-order valence-electron chi connectivity index (χ2n) is 5.67. The highest BCUT2D eigenvalue weighted by atomic mass is 19.4. The zero-order chi connectivity index (χ0) is 18.2. The number of nitrogens with zero attached hydrogens (tertiary/aromatic N) is 2. The molecule has 7 heteroatoms. The van der Waals surface area contributed by atoms with Crippen LogP contribution in [0, 0.1) is 13.8 Å². The summed E-state index contributed by atoms with van der Waals surface area (Å²) in [7, 11) is 0. The lowest BCUT2D eigenvalue weighted by Crippen LogP contribution is -2.15. The molecule has 0 unspecified atom stereocenters. The lowest BCUT2D eigenvalue weighted by Gasteiger charge is -2.10. The van der Waals surface area contributed by atoms with Crippen molar-refractivity contribution in [1.82, 2.24) is 15.0 Å². The number of nitrogens with one attached hydrogen (secondary N) is 1. The Labute approximate surface area is 141 Å². The predicted molar refractivity (Wildman–Crippen MR) is 88.0 cm³/mol. The van der Waals surface area contributed by atoms with Gasteiger partial charge >= 0.3 is 11.9 Å². The van der Waals surface area contributed by atoms with Crippen LogP contribution < -0.4 is 5.69 Å².